The minimum absolute atomic E-state index is 0.0442. The van der Waals surface area contributed by atoms with Crippen molar-refractivity contribution >= 4 is 27.6 Å². The summed E-state index contributed by atoms with van der Waals surface area (Å²) in [7, 11) is -3.73. The Morgan fingerprint density at radius 1 is 0.756 bits per heavy atom. The third kappa shape index (κ3) is 23.6. The summed E-state index contributed by atoms with van der Waals surface area (Å²) in [5.41, 5.74) is 0. The van der Waals surface area contributed by atoms with Gasteiger partial charge in [0.2, 0.25) is 21.8 Å². The summed E-state index contributed by atoms with van der Waals surface area (Å²) >= 11 is 0. The van der Waals surface area contributed by atoms with Gasteiger partial charge in [-0.3, -0.25) is 19.1 Å². The number of hydrogen-bond acceptors (Lipinski definition) is 8. The van der Waals surface area contributed by atoms with Gasteiger partial charge in [-0.15, -0.1) is 10.2 Å². The van der Waals surface area contributed by atoms with E-state index in [1.165, 1.54) is 51.4 Å². The van der Waals surface area contributed by atoms with Crippen LogP contribution in [-0.2, 0) is 30.8 Å². The van der Waals surface area contributed by atoms with Gasteiger partial charge in [-0.05, 0) is 38.0 Å². The van der Waals surface area contributed by atoms with Gasteiger partial charge in [0.15, 0.2) is 5.82 Å². The fraction of sp³-hybridized carbons (Fsp3) is 0.879. The average molecular weight is 655 g/mol. The maximum atomic E-state index is 12.2. The molecule has 260 valence electrons. The van der Waals surface area contributed by atoms with Gasteiger partial charge >= 0.3 is 0 Å². The van der Waals surface area contributed by atoms with E-state index in [0.717, 1.165) is 63.6 Å². The number of carbonyl (C=O) groups is 3. The molecule has 2 amide bonds. The quantitative estimate of drug-likeness (QED) is 0.0807. The van der Waals surface area contributed by atoms with Crippen molar-refractivity contribution in [2.24, 2.45) is 11.8 Å². The second-order valence-corrected chi connectivity index (χ2v) is 14.6. The van der Waals surface area contributed by atoms with Crippen LogP contribution in [0.25, 0.3) is 0 Å². The fourth-order valence-electron chi connectivity index (χ4n) is 5.24. The van der Waals surface area contributed by atoms with Crippen LogP contribution in [0, 0.1) is 11.8 Å². The number of Topliss-reactive ketones (excluding diaryl/α,β-unsaturated/α-hetero) is 1. The fourth-order valence-corrected chi connectivity index (χ4v) is 6.32. The molecule has 0 unspecified atom stereocenters. The lowest BCUT2D eigenvalue weighted by molar-refractivity contribution is -0.123. The highest BCUT2D eigenvalue weighted by Crippen LogP contribution is 2.16. The summed E-state index contributed by atoms with van der Waals surface area (Å²) in [5, 5.41) is 16.8. The van der Waals surface area contributed by atoms with Gasteiger partial charge in [0.1, 0.15) is 5.78 Å². The normalized spacial score (nSPS) is 13.0. The molecule has 0 saturated heterocycles. The third-order valence-corrected chi connectivity index (χ3v) is 9.83. The first-order chi connectivity index (χ1) is 21.6. The van der Waals surface area contributed by atoms with E-state index in [2.05, 4.69) is 44.5 Å². The van der Waals surface area contributed by atoms with Crippen LogP contribution in [0.3, 0.4) is 0 Å². The highest BCUT2D eigenvalue weighted by Gasteiger charge is 2.16. The zero-order chi connectivity index (χ0) is 33.2. The van der Waals surface area contributed by atoms with Gasteiger partial charge in [0, 0.05) is 38.1 Å². The number of tetrazole rings is 1. The molecule has 0 radical (unpaired) electrons. The maximum absolute atomic E-state index is 12.2. The lowest BCUT2D eigenvalue weighted by atomic mass is 9.92. The summed E-state index contributed by atoms with van der Waals surface area (Å²) in [6.45, 7) is 6.67. The van der Waals surface area contributed by atoms with Crippen molar-refractivity contribution < 1.29 is 22.8 Å². The summed E-state index contributed by atoms with van der Waals surface area (Å²) in [6.07, 6.45) is 20.4. The number of nitrogens with zero attached hydrogens (tertiary/aromatic N) is 3. The van der Waals surface area contributed by atoms with Gasteiger partial charge in [-0.25, -0.2) is 8.42 Å². The third-order valence-electron chi connectivity index (χ3n) is 8.46. The molecule has 45 heavy (non-hydrogen) atoms. The second-order valence-electron chi connectivity index (χ2n) is 12.8. The topological polar surface area (TPSA) is 164 Å². The summed E-state index contributed by atoms with van der Waals surface area (Å²) in [4.78, 5) is 36.3. The highest BCUT2D eigenvalue weighted by atomic mass is 32.2. The number of nitrogens with one attached hydrogen (secondary N) is 3. The SMILES string of the molecule is CC[C@@H](C)CC(=O)[C@@H](C)CCCCNC(=O)CCCS(=O)(=O)NC(=O)CCCCCCCCCCCCCCCc1nn[nH]n1. The molecule has 0 aliphatic carbocycles. The predicted molar refractivity (Wildman–Crippen MR) is 179 cm³/mol. The zero-order valence-electron chi connectivity index (χ0n) is 28.4. The van der Waals surface area contributed by atoms with Gasteiger partial charge in [0.05, 0.1) is 5.75 Å². The van der Waals surface area contributed by atoms with E-state index in [0.29, 0.717) is 31.1 Å². The van der Waals surface area contributed by atoms with Crippen LogP contribution in [-0.4, -0.2) is 58.9 Å². The highest BCUT2D eigenvalue weighted by molar-refractivity contribution is 7.90. The Balaban J connectivity index is 1.92. The van der Waals surface area contributed by atoms with Crippen LogP contribution in [0.15, 0.2) is 0 Å². The number of sulfonamides is 1. The minimum atomic E-state index is -3.73. The predicted octanol–water partition coefficient (Wildman–Crippen LogP) is 6.36. The van der Waals surface area contributed by atoms with E-state index in [4.69, 9.17) is 0 Å². The number of unbranched alkanes of at least 4 members (excludes halogenated alkanes) is 13. The van der Waals surface area contributed by atoms with E-state index >= 15 is 0 Å². The number of ketones is 1. The van der Waals surface area contributed by atoms with Crippen molar-refractivity contribution in [1.29, 1.82) is 0 Å². The monoisotopic (exact) mass is 654 g/mol. The molecule has 3 N–H and O–H groups in total. The first-order valence-corrected chi connectivity index (χ1v) is 19.3. The Labute approximate surface area is 272 Å². The largest absolute Gasteiger partial charge is 0.356 e. The van der Waals surface area contributed by atoms with Crippen LogP contribution in [0.2, 0.25) is 0 Å². The molecule has 1 heterocycles. The molecule has 0 bridgehead atoms. The Bertz CT molecular complexity index is 1020. The van der Waals surface area contributed by atoms with Crippen molar-refractivity contribution in [2.75, 3.05) is 12.3 Å². The van der Waals surface area contributed by atoms with Gasteiger partial charge < -0.3 is 5.32 Å². The Kier molecular flexibility index (Phi) is 23.3. The Morgan fingerprint density at radius 3 is 1.91 bits per heavy atom. The van der Waals surface area contributed by atoms with E-state index < -0.39 is 15.9 Å². The lowest BCUT2D eigenvalue weighted by Gasteiger charge is -2.13. The van der Waals surface area contributed by atoms with E-state index in [1.807, 2.05) is 6.92 Å². The number of aromatic amines is 1. The molecule has 1 rings (SSSR count). The average Bonchev–Trinajstić information content (AvgIpc) is 3.52. The molecule has 0 aliphatic rings. The first-order valence-electron chi connectivity index (χ1n) is 17.7. The molecule has 11 nitrogen and oxygen atoms in total. The molecule has 0 saturated carbocycles. The number of aromatic nitrogens is 4. The van der Waals surface area contributed by atoms with Gasteiger partial charge in [-0.2, -0.15) is 5.21 Å². The van der Waals surface area contributed by atoms with Crippen molar-refractivity contribution in [3.63, 3.8) is 0 Å². The number of amides is 2. The molecule has 12 heteroatoms. The molecule has 0 spiro atoms. The molecule has 1 aromatic heterocycles. The number of aryl methyl sites for hydroxylation is 1. The Hall–Kier alpha value is -2.37. The minimum Gasteiger partial charge on any atom is -0.356 e. The smallest absolute Gasteiger partial charge is 0.234 e. The summed E-state index contributed by atoms with van der Waals surface area (Å²) in [6, 6.07) is 0. The van der Waals surface area contributed by atoms with Crippen LogP contribution in [0.5, 0.6) is 0 Å². The summed E-state index contributed by atoms with van der Waals surface area (Å²) in [5.74, 6) is 0.670. The molecule has 1 aromatic rings. The molecule has 0 aliphatic heterocycles. The summed E-state index contributed by atoms with van der Waals surface area (Å²) < 4.78 is 26.6. The molecule has 0 aromatic carbocycles. The van der Waals surface area contributed by atoms with Crippen LogP contribution in [0.1, 0.15) is 161 Å². The standard InChI is InChI=1S/C33H62N6O5S/c1-4-28(2)27-30(40)29(3)21-18-19-25-34-32(41)24-20-26-45(43,44)37-33(42)23-17-15-13-11-9-7-5-6-8-10-12-14-16-22-31-35-38-39-36-31/h28-29H,4-27H2,1-3H3,(H,34,41)(H,37,42)(H,35,36,38,39)/t28-,29+/m1/s1. The van der Waals surface area contributed by atoms with Crippen molar-refractivity contribution in [1.82, 2.24) is 30.7 Å². The van der Waals surface area contributed by atoms with E-state index in [1.54, 1.807) is 0 Å². The second kappa shape index (κ2) is 25.8. The number of rotatable bonds is 30. The van der Waals surface area contributed by atoms with E-state index in [-0.39, 0.29) is 36.8 Å². The molecular weight excluding hydrogens is 592 g/mol. The maximum Gasteiger partial charge on any atom is 0.234 e. The van der Waals surface area contributed by atoms with Crippen molar-refractivity contribution in [3.8, 4) is 0 Å². The van der Waals surface area contributed by atoms with Crippen molar-refractivity contribution in [3.05, 3.63) is 5.82 Å². The number of carbonyl (C=O) groups excluding carboxylic acids is 3. The van der Waals surface area contributed by atoms with Crippen LogP contribution >= 0.6 is 0 Å². The van der Waals surface area contributed by atoms with Gasteiger partial charge in [-0.1, -0.05) is 109 Å². The van der Waals surface area contributed by atoms with Crippen LogP contribution in [0.4, 0.5) is 0 Å². The molecule has 2 atom stereocenters. The van der Waals surface area contributed by atoms with Crippen molar-refractivity contribution in [2.45, 2.75) is 162 Å². The Morgan fingerprint density at radius 2 is 1.33 bits per heavy atom. The number of hydrogen-bond donors (Lipinski definition) is 3. The van der Waals surface area contributed by atoms with Crippen LogP contribution < -0.4 is 10.0 Å². The molecule has 0 fully saturated rings. The lowest BCUT2D eigenvalue weighted by Crippen LogP contribution is -2.33. The van der Waals surface area contributed by atoms with Gasteiger partial charge in [0.25, 0.3) is 0 Å². The molecular formula is C33H62N6O5S. The zero-order valence-corrected chi connectivity index (χ0v) is 29.2. The first kappa shape index (κ1) is 40.7. The van der Waals surface area contributed by atoms with E-state index in [9.17, 15) is 22.8 Å². The number of H-pyrrole nitrogens is 1.